The molecule has 4 amide bonds. The molecule has 0 spiro atoms. The van der Waals surface area contributed by atoms with Crippen molar-refractivity contribution >= 4 is 29.9 Å². The number of benzene rings is 3. The van der Waals surface area contributed by atoms with Crippen molar-refractivity contribution in [3.8, 4) is 0 Å². The van der Waals surface area contributed by atoms with Crippen LogP contribution in [0.1, 0.15) is 67.7 Å². The monoisotopic (exact) mass is 739 g/mol. The quantitative estimate of drug-likeness (QED) is 0.240. The first-order chi connectivity index (χ1) is 26.3. The molecule has 3 aromatic carbocycles. The van der Waals surface area contributed by atoms with Crippen LogP contribution >= 0.6 is 0 Å². The summed E-state index contributed by atoms with van der Waals surface area (Å²) in [7, 11) is 0. The minimum Gasteiger partial charge on any atom is -0.447 e. The molecule has 12 heteroatoms. The van der Waals surface area contributed by atoms with Crippen molar-refractivity contribution < 1.29 is 32.7 Å². The van der Waals surface area contributed by atoms with E-state index in [2.05, 4.69) is 10.2 Å². The summed E-state index contributed by atoms with van der Waals surface area (Å²) >= 11 is 0. The number of hydrogen-bond acceptors (Lipinski definition) is 6. The van der Waals surface area contributed by atoms with Gasteiger partial charge in [0.15, 0.2) is 0 Å². The van der Waals surface area contributed by atoms with E-state index in [0.717, 1.165) is 42.4 Å². The SMILES string of the molecule is O=C(NCc1cc(F)cc(F)c1)[C@H](CCC(=O)N1CCN(C2CCCCC2)CC1)N1C(=O)[C@@H](N2C(=O)OC[C@@H]2c2ccccc2)[C@H]1/C=C/c1ccccc1. The highest BCUT2D eigenvalue weighted by Gasteiger charge is 2.58. The number of cyclic esters (lactones) is 1. The molecule has 0 aromatic heterocycles. The molecule has 3 saturated heterocycles. The van der Waals surface area contributed by atoms with E-state index < -0.39 is 53.7 Å². The number of nitrogens with zero attached hydrogens (tertiary/aromatic N) is 4. The maximum atomic E-state index is 14.4. The van der Waals surface area contributed by atoms with Gasteiger partial charge in [-0.1, -0.05) is 92.1 Å². The van der Waals surface area contributed by atoms with Gasteiger partial charge in [-0.25, -0.2) is 13.6 Å². The molecule has 4 atom stereocenters. The third kappa shape index (κ3) is 8.33. The van der Waals surface area contributed by atoms with Crippen LogP contribution in [-0.4, -0.2) is 100 Å². The fraction of sp³-hybridized carbons (Fsp3) is 0.429. The fourth-order valence-corrected chi connectivity index (χ4v) is 8.42. The summed E-state index contributed by atoms with van der Waals surface area (Å²) < 4.78 is 33.5. The Bertz CT molecular complexity index is 1810. The van der Waals surface area contributed by atoms with Crippen LogP contribution < -0.4 is 5.32 Å². The molecule has 3 heterocycles. The average molecular weight is 740 g/mol. The number of ether oxygens (including phenoxy) is 1. The lowest BCUT2D eigenvalue weighted by molar-refractivity contribution is -0.163. The Labute approximate surface area is 314 Å². The Hall–Kier alpha value is -5.10. The van der Waals surface area contributed by atoms with E-state index in [1.165, 1.54) is 41.9 Å². The minimum absolute atomic E-state index is 0.0120. The van der Waals surface area contributed by atoms with Crippen molar-refractivity contribution in [2.75, 3.05) is 32.8 Å². The largest absolute Gasteiger partial charge is 0.447 e. The molecule has 10 nitrogen and oxygen atoms in total. The first-order valence-electron chi connectivity index (χ1n) is 19.1. The molecule has 0 unspecified atom stereocenters. The number of piperazine rings is 1. The lowest BCUT2D eigenvalue weighted by Crippen LogP contribution is -2.74. The summed E-state index contributed by atoms with van der Waals surface area (Å²) in [6.07, 6.45) is 9.21. The molecule has 3 aromatic rings. The Balaban J connectivity index is 1.13. The Morgan fingerprint density at radius 2 is 1.54 bits per heavy atom. The molecule has 1 saturated carbocycles. The van der Waals surface area contributed by atoms with Crippen LogP contribution in [0.25, 0.3) is 6.08 Å². The van der Waals surface area contributed by atoms with Gasteiger partial charge in [-0.2, -0.15) is 0 Å². The summed E-state index contributed by atoms with van der Waals surface area (Å²) in [6, 6.07) is 19.0. The second-order valence-corrected chi connectivity index (χ2v) is 14.6. The highest BCUT2D eigenvalue weighted by Crippen LogP contribution is 2.39. The third-order valence-electron chi connectivity index (χ3n) is 11.3. The van der Waals surface area contributed by atoms with Gasteiger partial charge in [0.1, 0.15) is 30.3 Å². The van der Waals surface area contributed by atoms with Crippen LogP contribution in [0.5, 0.6) is 0 Å². The van der Waals surface area contributed by atoms with Crippen molar-refractivity contribution in [2.45, 2.75) is 81.7 Å². The zero-order valence-corrected chi connectivity index (χ0v) is 30.3. The zero-order chi connectivity index (χ0) is 37.6. The van der Waals surface area contributed by atoms with Gasteiger partial charge in [-0.05, 0) is 48.1 Å². The molecule has 1 N–H and O–H groups in total. The molecular weight excluding hydrogens is 692 g/mol. The maximum absolute atomic E-state index is 14.4. The van der Waals surface area contributed by atoms with Crippen LogP contribution in [-0.2, 0) is 25.7 Å². The number of amides is 4. The molecule has 3 aliphatic heterocycles. The fourth-order valence-electron chi connectivity index (χ4n) is 8.42. The first kappa shape index (κ1) is 37.2. The van der Waals surface area contributed by atoms with Crippen molar-refractivity contribution in [3.05, 3.63) is 113 Å². The molecule has 0 bridgehead atoms. The van der Waals surface area contributed by atoms with Gasteiger partial charge < -0.3 is 19.9 Å². The second kappa shape index (κ2) is 16.9. The molecule has 4 aliphatic rings. The van der Waals surface area contributed by atoms with Crippen molar-refractivity contribution in [1.82, 2.24) is 24.9 Å². The van der Waals surface area contributed by atoms with Gasteiger partial charge in [0.05, 0.1) is 12.1 Å². The van der Waals surface area contributed by atoms with Gasteiger partial charge >= 0.3 is 6.09 Å². The summed E-state index contributed by atoms with van der Waals surface area (Å²) in [5.41, 5.74) is 1.88. The lowest BCUT2D eigenvalue weighted by atomic mass is 9.87. The molecular formula is C42H47F2N5O5. The lowest BCUT2D eigenvalue weighted by Gasteiger charge is -2.52. The van der Waals surface area contributed by atoms with E-state index >= 15 is 0 Å². The smallest absolute Gasteiger partial charge is 0.411 e. The molecule has 284 valence electrons. The molecule has 4 fully saturated rings. The van der Waals surface area contributed by atoms with Crippen LogP contribution in [0.15, 0.2) is 84.9 Å². The van der Waals surface area contributed by atoms with E-state index in [4.69, 9.17) is 4.74 Å². The minimum atomic E-state index is -1.11. The van der Waals surface area contributed by atoms with E-state index in [1.54, 1.807) is 0 Å². The van der Waals surface area contributed by atoms with E-state index in [0.29, 0.717) is 19.1 Å². The van der Waals surface area contributed by atoms with Crippen LogP contribution in [0, 0.1) is 11.6 Å². The number of halogens is 2. The van der Waals surface area contributed by atoms with E-state index in [9.17, 15) is 28.0 Å². The average Bonchev–Trinajstić information content (AvgIpc) is 3.57. The van der Waals surface area contributed by atoms with Crippen LogP contribution in [0.4, 0.5) is 13.6 Å². The van der Waals surface area contributed by atoms with Crippen molar-refractivity contribution in [2.24, 2.45) is 0 Å². The summed E-state index contributed by atoms with van der Waals surface area (Å²) in [5, 5.41) is 2.76. The standard InChI is InChI=1S/C42H47F2N5O5/c43-32-24-30(25-33(44)26-32)27-45-40(51)36(18-19-38(50)47-22-20-46(21-23-47)34-14-8-3-9-15-34)48-35(17-16-29-10-4-1-5-11-29)39(41(48)52)49-37(28-54-42(49)53)31-12-6-2-7-13-31/h1-2,4-7,10-13,16-17,24-26,34-37,39H,3,8-9,14-15,18-23,27-28H2,(H,45,51)/b17-16+/t35-,36+,37-,39+/m1/s1. The zero-order valence-electron chi connectivity index (χ0n) is 30.3. The highest BCUT2D eigenvalue weighted by molar-refractivity contribution is 5.98. The number of rotatable bonds is 12. The Kier molecular flexibility index (Phi) is 11.7. The number of β-lactam (4-membered cyclic amide) rings is 1. The number of hydrogen-bond donors (Lipinski definition) is 1. The van der Waals surface area contributed by atoms with E-state index in [-0.39, 0.29) is 37.5 Å². The highest BCUT2D eigenvalue weighted by atomic mass is 19.1. The van der Waals surface area contributed by atoms with Crippen LogP contribution in [0.2, 0.25) is 0 Å². The molecule has 0 radical (unpaired) electrons. The van der Waals surface area contributed by atoms with Gasteiger partial charge in [-0.3, -0.25) is 24.2 Å². The summed E-state index contributed by atoms with van der Waals surface area (Å²) in [6.45, 7) is 2.68. The van der Waals surface area contributed by atoms with Crippen molar-refractivity contribution in [3.63, 3.8) is 0 Å². The number of carbonyl (C=O) groups is 4. The summed E-state index contributed by atoms with van der Waals surface area (Å²) in [4.78, 5) is 62.7. The van der Waals surface area contributed by atoms with Gasteiger partial charge in [0, 0.05) is 51.3 Å². The molecule has 7 rings (SSSR count). The van der Waals surface area contributed by atoms with Gasteiger partial charge in [-0.15, -0.1) is 0 Å². The third-order valence-corrected chi connectivity index (χ3v) is 11.3. The summed E-state index contributed by atoms with van der Waals surface area (Å²) in [5.74, 6) is -2.67. The van der Waals surface area contributed by atoms with E-state index in [1.807, 2.05) is 77.7 Å². The topological polar surface area (TPSA) is 103 Å². The number of carbonyl (C=O) groups excluding carboxylic acids is 4. The Morgan fingerprint density at radius 3 is 2.22 bits per heavy atom. The normalized spacial score (nSPS) is 23.0. The number of nitrogens with one attached hydrogen (secondary N) is 1. The maximum Gasteiger partial charge on any atom is 0.411 e. The Morgan fingerprint density at radius 1 is 0.870 bits per heavy atom. The number of likely N-dealkylation sites (tertiary alicyclic amines) is 1. The predicted octanol–water partition coefficient (Wildman–Crippen LogP) is 5.69. The first-order valence-corrected chi connectivity index (χ1v) is 19.1. The van der Waals surface area contributed by atoms with Gasteiger partial charge in [0.2, 0.25) is 17.7 Å². The second-order valence-electron chi connectivity index (χ2n) is 14.6. The molecule has 1 aliphatic carbocycles. The van der Waals surface area contributed by atoms with Crippen molar-refractivity contribution in [1.29, 1.82) is 0 Å². The predicted molar refractivity (Wildman–Crippen MR) is 199 cm³/mol. The molecule has 54 heavy (non-hydrogen) atoms. The van der Waals surface area contributed by atoms with Crippen LogP contribution in [0.3, 0.4) is 0 Å². The van der Waals surface area contributed by atoms with Gasteiger partial charge in [0.25, 0.3) is 0 Å².